The molecule has 0 bridgehead atoms. The summed E-state index contributed by atoms with van der Waals surface area (Å²) in [7, 11) is 4.16. The summed E-state index contributed by atoms with van der Waals surface area (Å²) in [4.78, 5) is 2.13. The molecule has 1 heterocycles. The molecule has 0 fully saturated rings. The molecule has 1 aliphatic rings. The molecule has 0 saturated heterocycles. The largest absolute Gasteiger partial charge is 0.448 e. The van der Waals surface area contributed by atoms with E-state index in [0.717, 1.165) is 42.9 Å². The fourth-order valence-corrected chi connectivity index (χ4v) is 6.45. The Bertz CT molecular complexity index is 972. The van der Waals surface area contributed by atoms with Crippen LogP contribution in [-0.4, -0.2) is 19.9 Å². The van der Waals surface area contributed by atoms with Gasteiger partial charge in [0.25, 0.3) is 5.79 Å². The van der Waals surface area contributed by atoms with E-state index in [2.05, 4.69) is 99.6 Å². The van der Waals surface area contributed by atoms with E-state index in [1.165, 1.54) is 141 Å². The van der Waals surface area contributed by atoms with Crippen molar-refractivity contribution in [1.29, 1.82) is 0 Å². The molecule has 1 aliphatic heterocycles. The summed E-state index contributed by atoms with van der Waals surface area (Å²) < 4.78 is 13.3. The number of unbranched alkanes of at least 4 members (excludes halogenated alkanes) is 18. The Morgan fingerprint density at radius 3 is 1.31 bits per heavy atom. The number of hydrogen-bond donors (Lipinski definition) is 0. The molecule has 0 radical (unpaired) electrons. The normalized spacial score (nSPS) is 16.1. The van der Waals surface area contributed by atoms with Gasteiger partial charge in [-0.25, -0.2) is 0 Å². The van der Waals surface area contributed by atoms with Crippen molar-refractivity contribution in [2.24, 2.45) is 0 Å². The van der Waals surface area contributed by atoms with Gasteiger partial charge in [-0.1, -0.05) is 140 Å². The lowest BCUT2D eigenvalue weighted by molar-refractivity contribution is -0.0949. The first-order valence-electron chi connectivity index (χ1n) is 20.4. The van der Waals surface area contributed by atoms with E-state index in [1.54, 1.807) is 0 Å². The number of nitrogens with zero attached hydrogens (tertiary/aromatic N) is 1. The van der Waals surface area contributed by atoms with Crippen molar-refractivity contribution in [3.63, 3.8) is 0 Å². The lowest BCUT2D eigenvalue weighted by Gasteiger charge is -2.28. The molecule has 272 valence electrons. The van der Waals surface area contributed by atoms with Gasteiger partial charge in [0.05, 0.1) is 0 Å². The maximum atomic E-state index is 6.66. The standard InChI is InChI=1S/C45H75NO2/c1-5-7-9-11-13-15-17-19-21-23-25-27-29-31-33-35-39-45(47-43-38-37-42(46(3)4)41-44(43)48-45)40-36-34-32-30-28-26-24-22-20-18-16-14-12-10-8-6-2/h13-16,19-22,37-38,41H,5-12,17-18,23-36,39-40H2,1-4H3. The van der Waals surface area contributed by atoms with E-state index in [9.17, 15) is 0 Å². The first-order valence-corrected chi connectivity index (χ1v) is 20.4. The van der Waals surface area contributed by atoms with Crippen LogP contribution in [0.1, 0.15) is 181 Å². The number of fused-ring (bicyclic) bond motifs is 1. The molecule has 0 saturated carbocycles. The molecule has 0 amide bonds. The minimum atomic E-state index is -0.488. The van der Waals surface area contributed by atoms with Crippen molar-refractivity contribution < 1.29 is 9.47 Å². The second-order valence-corrected chi connectivity index (χ2v) is 14.3. The lowest BCUT2D eigenvalue weighted by atomic mass is 9.98. The summed E-state index contributed by atoms with van der Waals surface area (Å²) in [5.74, 6) is 1.35. The molecular formula is C45H75NO2. The van der Waals surface area contributed by atoms with Gasteiger partial charge in [0.2, 0.25) is 0 Å². The van der Waals surface area contributed by atoms with Gasteiger partial charge in [0, 0.05) is 38.7 Å². The average Bonchev–Trinajstić information content (AvgIpc) is 3.45. The molecule has 0 N–H and O–H groups in total. The van der Waals surface area contributed by atoms with E-state index >= 15 is 0 Å². The number of anilines is 1. The molecule has 0 spiro atoms. The van der Waals surface area contributed by atoms with Crippen LogP contribution in [0.3, 0.4) is 0 Å². The van der Waals surface area contributed by atoms with Gasteiger partial charge in [-0.05, 0) is 89.2 Å². The van der Waals surface area contributed by atoms with E-state index in [0.29, 0.717) is 0 Å². The molecule has 48 heavy (non-hydrogen) atoms. The van der Waals surface area contributed by atoms with Gasteiger partial charge in [-0.15, -0.1) is 0 Å². The Balaban J connectivity index is 1.61. The molecule has 3 nitrogen and oxygen atoms in total. The number of ether oxygens (including phenoxy) is 2. The van der Waals surface area contributed by atoms with Crippen LogP contribution in [0.15, 0.2) is 66.8 Å². The first-order chi connectivity index (χ1) is 23.6. The number of hydrogen-bond acceptors (Lipinski definition) is 3. The van der Waals surface area contributed by atoms with E-state index in [1.807, 2.05) is 0 Å². The second kappa shape index (κ2) is 28.4. The zero-order valence-corrected chi connectivity index (χ0v) is 32.0. The first kappa shape index (κ1) is 41.7. The lowest BCUT2D eigenvalue weighted by Crippen LogP contribution is -2.38. The van der Waals surface area contributed by atoms with Crippen molar-refractivity contribution >= 4 is 5.69 Å². The van der Waals surface area contributed by atoms with Gasteiger partial charge in [0.1, 0.15) is 0 Å². The van der Waals surface area contributed by atoms with Gasteiger partial charge >= 0.3 is 0 Å². The van der Waals surface area contributed by atoms with E-state index < -0.39 is 5.79 Å². The third kappa shape index (κ3) is 20.2. The van der Waals surface area contributed by atoms with Crippen molar-refractivity contribution in [3.8, 4) is 11.5 Å². The van der Waals surface area contributed by atoms with Crippen LogP contribution < -0.4 is 14.4 Å². The minimum absolute atomic E-state index is 0.488. The maximum absolute atomic E-state index is 6.66. The average molecular weight is 662 g/mol. The molecule has 0 atom stereocenters. The number of benzene rings is 1. The van der Waals surface area contributed by atoms with Crippen molar-refractivity contribution in [2.45, 2.75) is 187 Å². The summed E-state index contributed by atoms with van der Waals surface area (Å²) in [5.41, 5.74) is 1.16. The smallest absolute Gasteiger partial charge is 0.251 e. The fourth-order valence-electron chi connectivity index (χ4n) is 6.45. The van der Waals surface area contributed by atoms with Crippen molar-refractivity contribution in [3.05, 3.63) is 66.8 Å². The molecule has 0 unspecified atom stereocenters. The topological polar surface area (TPSA) is 21.7 Å². The van der Waals surface area contributed by atoms with Gasteiger partial charge in [0.15, 0.2) is 11.5 Å². The fraction of sp³-hybridized carbons (Fsp3) is 0.689. The highest BCUT2D eigenvalue weighted by Crippen LogP contribution is 2.45. The molecule has 2 rings (SSSR count). The van der Waals surface area contributed by atoms with Gasteiger partial charge < -0.3 is 14.4 Å². The summed E-state index contributed by atoms with van der Waals surface area (Å²) >= 11 is 0. The number of allylic oxidation sites excluding steroid dienone is 8. The van der Waals surface area contributed by atoms with Crippen LogP contribution in [0.25, 0.3) is 0 Å². The quantitative estimate of drug-likeness (QED) is 0.0584. The van der Waals surface area contributed by atoms with Crippen LogP contribution in [-0.2, 0) is 0 Å². The number of rotatable bonds is 31. The Hall–Kier alpha value is -2.42. The van der Waals surface area contributed by atoms with E-state index in [-0.39, 0.29) is 0 Å². The predicted molar refractivity (Wildman–Crippen MR) is 213 cm³/mol. The molecule has 1 aromatic rings. The van der Waals surface area contributed by atoms with Crippen LogP contribution in [0.2, 0.25) is 0 Å². The van der Waals surface area contributed by atoms with Crippen LogP contribution in [0, 0.1) is 0 Å². The highest BCUT2D eigenvalue weighted by Gasteiger charge is 2.40. The molecule has 1 aromatic carbocycles. The predicted octanol–water partition coefficient (Wildman–Crippen LogP) is 14.6. The van der Waals surface area contributed by atoms with E-state index in [4.69, 9.17) is 9.47 Å². The zero-order valence-electron chi connectivity index (χ0n) is 32.0. The van der Waals surface area contributed by atoms with Crippen molar-refractivity contribution in [1.82, 2.24) is 0 Å². The highest BCUT2D eigenvalue weighted by atomic mass is 16.7. The molecule has 0 aromatic heterocycles. The SMILES string of the molecule is CCCCCC=CCC=CCCCCCCCCC1(CCCCCCCCC=CCC=CCCCCC)Oc2ccc(N(C)C)cc2O1. The Morgan fingerprint density at radius 2 is 0.875 bits per heavy atom. The van der Waals surface area contributed by atoms with Crippen LogP contribution >= 0.6 is 0 Å². The summed E-state index contributed by atoms with van der Waals surface area (Å²) in [5, 5.41) is 0. The Labute approximate surface area is 298 Å². The highest BCUT2D eigenvalue weighted by molar-refractivity contribution is 5.57. The second-order valence-electron chi connectivity index (χ2n) is 14.3. The van der Waals surface area contributed by atoms with Gasteiger partial charge in [-0.2, -0.15) is 0 Å². The Kier molecular flexibility index (Phi) is 24.7. The van der Waals surface area contributed by atoms with Gasteiger partial charge in [-0.3, -0.25) is 0 Å². The molecule has 0 aliphatic carbocycles. The minimum Gasteiger partial charge on any atom is -0.448 e. The van der Waals surface area contributed by atoms with Crippen LogP contribution in [0.4, 0.5) is 5.69 Å². The summed E-state index contributed by atoms with van der Waals surface area (Å²) in [6.45, 7) is 4.53. The Morgan fingerprint density at radius 1 is 0.479 bits per heavy atom. The molecular weight excluding hydrogens is 587 g/mol. The third-order valence-electron chi connectivity index (χ3n) is 9.55. The maximum Gasteiger partial charge on any atom is 0.251 e. The van der Waals surface area contributed by atoms with Crippen molar-refractivity contribution in [2.75, 3.05) is 19.0 Å². The summed E-state index contributed by atoms with van der Waals surface area (Å²) in [6.07, 6.45) is 51.3. The summed E-state index contributed by atoms with van der Waals surface area (Å²) in [6, 6.07) is 6.39. The molecule has 3 heteroatoms. The van der Waals surface area contributed by atoms with Crippen LogP contribution in [0.5, 0.6) is 11.5 Å². The monoisotopic (exact) mass is 662 g/mol. The zero-order chi connectivity index (χ0) is 34.4. The third-order valence-corrected chi connectivity index (χ3v) is 9.55.